The van der Waals surface area contributed by atoms with Gasteiger partial charge in [-0.25, -0.2) is 14.8 Å². The molecular weight excluding hydrogens is 452 g/mol. The van der Waals surface area contributed by atoms with Crippen molar-refractivity contribution in [2.45, 2.75) is 13.8 Å². The first-order valence-electron chi connectivity index (χ1n) is 11.3. The van der Waals surface area contributed by atoms with Crippen molar-refractivity contribution in [3.05, 3.63) is 65.4 Å². The van der Waals surface area contributed by atoms with Gasteiger partial charge >= 0.3 is 5.97 Å². The lowest BCUT2D eigenvalue weighted by Crippen LogP contribution is -2.47. The summed E-state index contributed by atoms with van der Waals surface area (Å²) in [6.45, 7) is 7.62. The van der Waals surface area contributed by atoms with Gasteiger partial charge in [-0.2, -0.15) is 0 Å². The number of nitrogens with one attached hydrogen (secondary N) is 1. The molecule has 0 unspecified atom stereocenters. The largest absolute Gasteiger partial charge is 0.462 e. The summed E-state index contributed by atoms with van der Waals surface area (Å²) < 4.78 is 5.28. The monoisotopic (exact) mass is 480 g/mol. The Morgan fingerprint density at radius 1 is 1.09 bits per heavy atom. The molecule has 1 aliphatic rings. The topological polar surface area (TPSA) is 96.6 Å². The highest BCUT2D eigenvalue weighted by Crippen LogP contribution is 2.30. The molecule has 0 saturated carbocycles. The quantitative estimate of drug-likeness (QED) is 0.474. The number of aromatic nitrogens is 2. The first-order chi connectivity index (χ1) is 16.4. The minimum atomic E-state index is -0.332. The van der Waals surface area contributed by atoms with E-state index in [0.29, 0.717) is 35.4 Å². The lowest BCUT2D eigenvalue weighted by Gasteiger charge is -2.37. The van der Waals surface area contributed by atoms with Gasteiger partial charge in [0.1, 0.15) is 12.0 Å². The maximum absolute atomic E-state index is 12.1. The van der Waals surface area contributed by atoms with E-state index >= 15 is 0 Å². The molecule has 0 radical (unpaired) electrons. The molecule has 0 bridgehead atoms. The molecule has 1 aliphatic heterocycles. The highest BCUT2D eigenvalue weighted by molar-refractivity contribution is 6.30. The van der Waals surface area contributed by atoms with E-state index in [9.17, 15) is 4.79 Å². The van der Waals surface area contributed by atoms with Crippen LogP contribution in [0.1, 0.15) is 24.2 Å². The zero-order valence-corrected chi connectivity index (χ0v) is 20.1. The second kappa shape index (κ2) is 10.6. The fourth-order valence-electron chi connectivity index (χ4n) is 3.74. The molecule has 1 aromatic heterocycles. The van der Waals surface area contributed by atoms with Crippen LogP contribution in [0.2, 0.25) is 5.02 Å². The Labute approximate surface area is 204 Å². The molecule has 4 rings (SSSR count). The average molecular weight is 481 g/mol. The molecule has 8 nitrogen and oxygen atoms in total. The highest BCUT2D eigenvalue weighted by Gasteiger charge is 2.22. The van der Waals surface area contributed by atoms with Gasteiger partial charge in [-0.1, -0.05) is 31.5 Å². The number of nitrogen functional groups attached to an aromatic ring is 1. The van der Waals surface area contributed by atoms with Crippen molar-refractivity contribution in [3.63, 3.8) is 0 Å². The van der Waals surface area contributed by atoms with E-state index in [4.69, 9.17) is 22.1 Å². The van der Waals surface area contributed by atoms with Crippen molar-refractivity contribution in [3.8, 4) is 0 Å². The molecule has 2 aromatic carbocycles. The summed E-state index contributed by atoms with van der Waals surface area (Å²) in [7, 11) is 0. The summed E-state index contributed by atoms with van der Waals surface area (Å²) in [6, 6.07) is 14.9. The molecule has 3 aromatic rings. The summed E-state index contributed by atoms with van der Waals surface area (Å²) in [5.74, 6) is 1.19. The number of esters is 1. The molecular formula is C25H29ClN6O2. The third-order valence-electron chi connectivity index (χ3n) is 5.55. The molecule has 0 amide bonds. The molecule has 9 heteroatoms. The summed E-state index contributed by atoms with van der Waals surface area (Å²) in [4.78, 5) is 25.3. The van der Waals surface area contributed by atoms with Gasteiger partial charge < -0.3 is 25.6 Å². The van der Waals surface area contributed by atoms with E-state index in [-0.39, 0.29) is 5.97 Å². The second-order valence-corrected chi connectivity index (χ2v) is 9.04. The van der Waals surface area contributed by atoms with Crippen LogP contribution in [0.3, 0.4) is 0 Å². The standard InChI is InChI=1S/C25H29ClN6O2/c1-17(2)15-34-25(33)18-6-8-20(9-7-18)30-23-22(27)24(29-16-28-23)32-12-10-31(11-13-32)21-5-3-4-19(26)14-21/h3-9,14,16-17H,10-13,15,27H2,1-2H3,(H,28,29,30). The predicted molar refractivity (Wildman–Crippen MR) is 137 cm³/mol. The first-order valence-corrected chi connectivity index (χ1v) is 11.7. The van der Waals surface area contributed by atoms with Crippen LogP contribution in [0.25, 0.3) is 0 Å². The van der Waals surface area contributed by atoms with Crippen LogP contribution in [0, 0.1) is 5.92 Å². The third kappa shape index (κ3) is 5.69. The number of anilines is 5. The molecule has 1 fully saturated rings. The Balaban J connectivity index is 1.40. The van der Waals surface area contributed by atoms with E-state index < -0.39 is 0 Å². The van der Waals surface area contributed by atoms with Crippen LogP contribution in [0.4, 0.5) is 28.7 Å². The summed E-state index contributed by atoms with van der Waals surface area (Å²) in [5, 5.41) is 3.96. The van der Waals surface area contributed by atoms with Crippen LogP contribution in [-0.4, -0.2) is 48.7 Å². The van der Waals surface area contributed by atoms with Crippen molar-refractivity contribution in [2.24, 2.45) is 5.92 Å². The molecule has 0 aliphatic carbocycles. The van der Waals surface area contributed by atoms with Crippen LogP contribution in [0.5, 0.6) is 0 Å². The Bertz CT molecular complexity index is 1130. The van der Waals surface area contributed by atoms with E-state index in [0.717, 1.165) is 42.6 Å². The highest BCUT2D eigenvalue weighted by atomic mass is 35.5. The Morgan fingerprint density at radius 3 is 2.47 bits per heavy atom. The van der Waals surface area contributed by atoms with E-state index in [1.54, 1.807) is 24.3 Å². The van der Waals surface area contributed by atoms with Gasteiger partial charge in [0, 0.05) is 42.6 Å². The number of rotatable bonds is 7. The van der Waals surface area contributed by atoms with E-state index in [2.05, 4.69) is 31.2 Å². The number of carbonyl (C=O) groups excluding carboxylic acids is 1. The number of nitrogens with two attached hydrogens (primary N) is 1. The maximum Gasteiger partial charge on any atom is 0.338 e. The third-order valence-corrected chi connectivity index (χ3v) is 5.78. The lowest BCUT2D eigenvalue weighted by atomic mass is 10.2. The number of nitrogens with zero attached hydrogens (tertiary/aromatic N) is 4. The molecule has 0 spiro atoms. The van der Waals surface area contributed by atoms with Crippen LogP contribution < -0.4 is 20.9 Å². The zero-order chi connectivity index (χ0) is 24.1. The second-order valence-electron chi connectivity index (χ2n) is 8.61. The molecule has 1 saturated heterocycles. The van der Waals surface area contributed by atoms with Gasteiger partial charge in [0.25, 0.3) is 0 Å². The van der Waals surface area contributed by atoms with Gasteiger partial charge in [0.05, 0.1) is 12.2 Å². The number of ether oxygens (including phenoxy) is 1. The number of piperazine rings is 1. The van der Waals surface area contributed by atoms with Crippen molar-refractivity contribution in [1.82, 2.24) is 9.97 Å². The first kappa shape index (κ1) is 23.6. The Morgan fingerprint density at radius 2 is 1.79 bits per heavy atom. The summed E-state index contributed by atoms with van der Waals surface area (Å²) in [6.07, 6.45) is 1.51. The lowest BCUT2D eigenvalue weighted by molar-refractivity contribution is 0.0459. The smallest absolute Gasteiger partial charge is 0.338 e. The molecule has 178 valence electrons. The summed E-state index contributed by atoms with van der Waals surface area (Å²) in [5.41, 5.74) is 9.30. The van der Waals surface area contributed by atoms with Crippen molar-refractivity contribution in [1.29, 1.82) is 0 Å². The minimum absolute atomic E-state index is 0.291. The van der Waals surface area contributed by atoms with Gasteiger partial charge in [0.2, 0.25) is 0 Å². The molecule has 3 N–H and O–H groups in total. The minimum Gasteiger partial charge on any atom is -0.462 e. The number of carbonyl (C=O) groups is 1. The van der Waals surface area contributed by atoms with E-state index in [1.807, 2.05) is 32.0 Å². The van der Waals surface area contributed by atoms with Crippen LogP contribution >= 0.6 is 11.6 Å². The summed E-state index contributed by atoms with van der Waals surface area (Å²) >= 11 is 6.14. The number of hydrogen-bond donors (Lipinski definition) is 2. The van der Waals surface area contributed by atoms with Gasteiger partial charge in [-0.15, -0.1) is 0 Å². The fraction of sp³-hybridized carbons (Fsp3) is 0.320. The van der Waals surface area contributed by atoms with Crippen LogP contribution in [-0.2, 0) is 4.74 Å². The predicted octanol–water partition coefficient (Wildman–Crippen LogP) is 4.60. The molecule has 34 heavy (non-hydrogen) atoms. The van der Waals surface area contributed by atoms with Gasteiger partial charge in [-0.05, 0) is 48.4 Å². The van der Waals surface area contributed by atoms with Crippen molar-refractivity contribution >= 4 is 46.3 Å². The molecule has 0 atom stereocenters. The normalized spacial score (nSPS) is 13.8. The Kier molecular flexibility index (Phi) is 7.37. The fourth-order valence-corrected chi connectivity index (χ4v) is 3.92. The van der Waals surface area contributed by atoms with E-state index in [1.165, 1.54) is 6.33 Å². The van der Waals surface area contributed by atoms with Gasteiger partial charge in [0.15, 0.2) is 11.6 Å². The number of hydrogen-bond acceptors (Lipinski definition) is 8. The van der Waals surface area contributed by atoms with Crippen molar-refractivity contribution < 1.29 is 9.53 Å². The Hall–Kier alpha value is -3.52. The number of halogens is 1. The van der Waals surface area contributed by atoms with Crippen LogP contribution in [0.15, 0.2) is 54.9 Å². The van der Waals surface area contributed by atoms with Crippen molar-refractivity contribution in [2.75, 3.05) is 53.6 Å². The average Bonchev–Trinajstić information content (AvgIpc) is 2.84. The SMILES string of the molecule is CC(C)COC(=O)c1ccc(Nc2ncnc(N3CCN(c4cccc(Cl)c4)CC3)c2N)cc1. The maximum atomic E-state index is 12.1. The van der Waals surface area contributed by atoms with Gasteiger partial charge in [-0.3, -0.25) is 0 Å². The number of benzene rings is 2. The molecule has 2 heterocycles. The zero-order valence-electron chi connectivity index (χ0n) is 19.4.